The molecule has 4 nitrogen and oxygen atoms in total. The third-order valence-electron chi connectivity index (χ3n) is 1.90. The normalized spacial score (nSPS) is 13.4. The van der Waals surface area contributed by atoms with Crippen LogP contribution in [-0.2, 0) is 4.74 Å². The Bertz CT molecular complexity index is 188. The summed E-state index contributed by atoms with van der Waals surface area (Å²) >= 11 is 0. The van der Waals surface area contributed by atoms with Crippen molar-refractivity contribution in [2.45, 2.75) is 52.7 Å². The molecule has 0 aliphatic heterocycles. The van der Waals surface area contributed by atoms with Crippen molar-refractivity contribution in [3.63, 3.8) is 0 Å². The van der Waals surface area contributed by atoms with Gasteiger partial charge in [0.05, 0.1) is 0 Å². The highest BCUT2D eigenvalue weighted by Crippen LogP contribution is 2.05. The molecule has 0 saturated carbocycles. The van der Waals surface area contributed by atoms with Gasteiger partial charge in [-0.3, -0.25) is 0 Å². The Balaban J connectivity index is 3.48. The third-order valence-corrected chi connectivity index (χ3v) is 1.90. The average molecular weight is 216 g/mol. The number of amides is 1. The Morgan fingerprint density at radius 1 is 1.33 bits per heavy atom. The molecule has 0 aliphatic rings. The van der Waals surface area contributed by atoms with Crippen LogP contribution in [0.1, 0.15) is 41.0 Å². The molecule has 0 aromatic carbocycles. The quantitative estimate of drug-likeness (QED) is 0.690. The summed E-state index contributed by atoms with van der Waals surface area (Å²) in [5.74, 6) is 0. The number of rotatable bonds is 5. The molecule has 0 rings (SSSR count). The van der Waals surface area contributed by atoms with Gasteiger partial charge in [0.25, 0.3) is 0 Å². The second-order valence-corrected chi connectivity index (χ2v) is 4.69. The maximum atomic E-state index is 11.2. The van der Waals surface area contributed by atoms with Gasteiger partial charge in [-0.2, -0.15) is 0 Å². The van der Waals surface area contributed by atoms with Crippen LogP contribution < -0.4 is 10.6 Å². The zero-order chi connectivity index (χ0) is 11.9. The first kappa shape index (κ1) is 14.2. The molecule has 1 atom stereocenters. The van der Waals surface area contributed by atoms with E-state index >= 15 is 0 Å². The van der Waals surface area contributed by atoms with Crippen LogP contribution in [0.2, 0.25) is 0 Å². The fourth-order valence-corrected chi connectivity index (χ4v) is 0.942. The lowest BCUT2D eigenvalue weighted by Crippen LogP contribution is -2.38. The van der Waals surface area contributed by atoms with E-state index < -0.39 is 5.60 Å². The van der Waals surface area contributed by atoms with Gasteiger partial charge in [-0.1, -0.05) is 6.92 Å². The zero-order valence-electron chi connectivity index (χ0n) is 10.5. The van der Waals surface area contributed by atoms with Gasteiger partial charge in [0.2, 0.25) is 0 Å². The van der Waals surface area contributed by atoms with Gasteiger partial charge in [-0.15, -0.1) is 0 Å². The van der Waals surface area contributed by atoms with E-state index in [1.165, 1.54) is 0 Å². The van der Waals surface area contributed by atoms with E-state index in [0.717, 1.165) is 13.0 Å². The van der Waals surface area contributed by atoms with E-state index in [1.54, 1.807) is 0 Å². The van der Waals surface area contributed by atoms with E-state index in [1.807, 2.05) is 20.8 Å². The number of carbonyl (C=O) groups excluding carboxylic acids is 1. The number of alkyl carbamates (subject to hydrolysis) is 1. The molecule has 0 bridgehead atoms. The SMILES string of the molecule is CC[C@H](C)NCCNC(=O)OC(C)(C)C. The van der Waals surface area contributed by atoms with Crippen molar-refractivity contribution in [2.75, 3.05) is 13.1 Å². The van der Waals surface area contributed by atoms with E-state index in [9.17, 15) is 4.79 Å². The monoisotopic (exact) mass is 216 g/mol. The third kappa shape index (κ3) is 9.53. The Labute approximate surface area is 92.8 Å². The number of hydrogen-bond acceptors (Lipinski definition) is 3. The summed E-state index contributed by atoms with van der Waals surface area (Å²) in [4.78, 5) is 11.2. The minimum atomic E-state index is -0.422. The average Bonchev–Trinajstić information content (AvgIpc) is 2.09. The van der Waals surface area contributed by atoms with Crippen LogP contribution in [0.4, 0.5) is 4.79 Å². The molecule has 0 saturated heterocycles. The predicted octanol–water partition coefficient (Wildman–Crippen LogP) is 1.90. The Kier molecular flexibility index (Phi) is 6.32. The minimum Gasteiger partial charge on any atom is -0.444 e. The van der Waals surface area contributed by atoms with Crippen LogP contribution in [0.15, 0.2) is 0 Å². The maximum Gasteiger partial charge on any atom is 0.407 e. The van der Waals surface area contributed by atoms with E-state index in [-0.39, 0.29) is 6.09 Å². The van der Waals surface area contributed by atoms with E-state index in [4.69, 9.17) is 4.74 Å². The van der Waals surface area contributed by atoms with E-state index in [2.05, 4.69) is 24.5 Å². The van der Waals surface area contributed by atoms with Crippen molar-refractivity contribution in [2.24, 2.45) is 0 Å². The van der Waals surface area contributed by atoms with Crippen molar-refractivity contribution in [1.29, 1.82) is 0 Å². The molecule has 0 fully saturated rings. The lowest BCUT2D eigenvalue weighted by molar-refractivity contribution is 0.0528. The van der Waals surface area contributed by atoms with Crippen LogP contribution >= 0.6 is 0 Å². The van der Waals surface area contributed by atoms with E-state index in [0.29, 0.717) is 12.6 Å². The molecule has 0 unspecified atom stereocenters. The molecule has 0 spiro atoms. The molecular formula is C11H24N2O2. The van der Waals surface area contributed by atoms with Gasteiger partial charge in [0, 0.05) is 19.1 Å². The summed E-state index contributed by atoms with van der Waals surface area (Å²) in [5, 5.41) is 5.98. The fraction of sp³-hybridized carbons (Fsp3) is 0.909. The smallest absolute Gasteiger partial charge is 0.407 e. The molecule has 0 heterocycles. The first-order valence-corrected chi connectivity index (χ1v) is 5.55. The largest absolute Gasteiger partial charge is 0.444 e. The van der Waals surface area contributed by atoms with Gasteiger partial charge < -0.3 is 15.4 Å². The number of ether oxygens (including phenoxy) is 1. The highest BCUT2D eigenvalue weighted by atomic mass is 16.6. The summed E-state index contributed by atoms with van der Waals surface area (Å²) in [6.07, 6.45) is 0.736. The van der Waals surface area contributed by atoms with Crippen LogP contribution in [0.5, 0.6) is 0 Å². The number of carbonyl (C=O) groups is 1. The molecule has 2 N–H and O–H groups in total. The Hall–Kier alpha value is -0.770. The molecule has 15 heavy (non-hydrogen) atoms. The van der Waals surface area contributed by atoms with Crippen LogP contribution in [0, 0.1) is 0 Å². The standard InChI is InChI=1S/C11H24N2O2/c1-6-9(2)12-7-8-13-10(14)15-11(3,4)5/h9,12H,6-8H2,1-5H3,(H,13,14)/t9-/m0/s1. The topological polar surface area (TPSA) is 50.4 Å². The highest BCUT2D eigenvalue weighted by Gasteiger charge is 2.15. The molecule has 90 valence electrons. The van der Waals surface area contributed by atoms with Crippen molar-refractivity contribution in [3.8, 4) is 0 Å². The lowest BCUT2D eigenvalue weighted by Gasteiger charge is -2.20. The predicted molar refractivity (Wildman–Crippen MR) is 62.0 cm³/mol. The molecule has 0 radical (unpaired) electrons. The molecule has 1 amide bonds. The molecule has 4 heteroatoms. The van der Waals surface area contributed by atoms with Crippen molar-refractivity contribution < 1.29 is 9.53 Å². The second-order valence-electron chi connectivity index (χ2n) is 4.69. The second kappa shape index (κ2) is 6.67. The Morgan fingerprint density at radius 3 is 2.40 bits per heavy atom. The van der Waals surface area contributed by atoms with Crippen molar-refractivity contribution in [3.05, 3.63) is 0 Å². The lowest BCUT2D eigenvalue weighted by atomic mass is 10.2. The Morgan fingerprint density at radius 2 is 1.93 bits per heavy atom. The van der Waals surface area contributed by atoms with Gasteiger partial charge in [-0.25, -0.2) is 4.79 Å². The van der Waals surface area contributed by atoms with Crippen molar-refractivity contribution >= 4 is 6.09 Å². The van der Waals surface area contributed by atoms with Crippen LogP contribution in [0.3, 0.4) is 0 Å². The fourth-order valence-electron chi connectivity index (χ4n) is 0.942. The number of nitrogens with one attached hydrogen (secondary N) is 2. The first-order chi connectivity index (χ1) is 6.85. The van der Waals surface area contributed by atoms with Gasteiger partial charge in [0.1, 0.15) is 5.60 Å². The number of hydrogen-bond donors (Lipinski definition) is 2. The van der Waals surface area contributed by atoms with Gasteiger partial charge in [0.15, 0.2) is 0 Å². The highest BCUT2D eigenvalue weighted by molar-refractivity contribution is 5.67. The van der Waals surface area contributed by atoms with Crippen LogP contribution in [0.25, 0.3) is 0 Å². The van der Waals surface area contributed by atoms with Crippen molar-refractivity contribution in [1.82, 2.24) is 10.6 Å². The summed E-state index contributed by atoms with van der Waals surface area (Å²) in [7, 11) is 0. The maximum absolute atomic E-state index is 11.2. The molecule has 0 aromatic rings. The molecular weight excluding hydrogens is 192 g/mol. The minimum absolute atomic E-state index is 0.353. The van der Waals surface area contributed by atoms with Gasteiger partial charge >= 0.3 is 6.09 Å². The summed E-state index contributed by atoms with van der Waals surface area (Å²) in [6.45, 7) is 11.2. The van der Waals surface area contributed by atoms with Crippen LogP contribution in [-0.4, -0.2) is 30.8 Å². The van der Waals surface area contributed by atoms with Gasteiger partial charge in [-0.05, 0) is 34.1 Å². The molecule has 0 aromatic heterocycles. The summed E-state index contributed by atoms with van der Waals surface area (Å²) < 4.78 is 5.09. The first-order valence-electron chi connectivity index (χ1n) is 5.55. The molecule has 0 aliphatic carbocycles. The summed E-state index contributed by atoms with van der Waals surface area (Å²) in [5.41, 5.74) is -0.422. The zero-order valence-corrected chi connectivity index (χ0v) is 10.5. The summed E-state index contributed by atoms with van der Waals surface area (Å²) in [6, 6.07) is 0.491.